The number of aromatic nitrogens is 2. The van der Waals surface area contributed by atoms with Gasteiger partial charge in [0.2, 0.25) is 0 Å². The van der Waals surface area contributed by atoms with E-state index in [1.807, 2.05) is 13.0 Å². The van der Waals surface area contributed by atoms with Gasteiger partial charge < -0.3 is 14.5 Å². The van der Waals surface area contributed by atoms with Gasteiger partial charge in [0, 0.05) is 25.3 Å². The number of aryl methyl sites for hydroxylation is 1. The van der Waals surface area contributed by atoms with Crippen LogP contribution in [0.15, 0.2) is 29.1 Å². The summed E-state index contributed by atoms with van der Waals surface area (Å²) in [4.78, 5) is 20.5. The van der Waals surface area contributed by atoms with Gasteiger partial charge in [-0.05, 0) is 31.4 Å². The number of amides is 1. The van der Waals surface area contributed by atoms with E-state index in [1.54, 1.807) is 12.4 Å². The van der Waals surface area contributed by atoms with E-state index >= 15 is 0 Å². The predicted octanol–water partition coefficient (Wildman–Crippen LogP) is 2.52. The Morgan fingerprint density at radius 1 is 1.33 bits per heavy atom. The molecule has 0 aliphatic carbocycles. The Bertz CT molecular complexity index is 633. The van der Waals surface area contributed by atoms with Gasteiger partial charge in [0.1, 0.15) is 6.26 Å². The molecule has 0 saturated carbocycles. The van der Waals surface area contributed by atoms with Crippen molar-refractivity contribution in [2.45, 2.75) is 25.7 Å². The first-order valence-electron chi connectivity index (χ1n) is 6.98. The number of carbonyl (C=O) groups excluding carboxylic acids is 1. The maximum Gasteiger partial charge on any atom is 0.277 e. The highest BCUT2D eigenvalue weighted by Gasteiger charge is 2.22. The first kappa shape index (κ1) is 13.8. The first-order chi connectivity index (χ1) is 10.2. The molecule has 0 spiro atoms. The van der Waals surface area contributed by atoms with Gasteiger partial charge in [0.15, 0.2) is 11.6 Å². The SMILES string of the molecule is Cc1cncc(NC(=O)c2coc(C3CCOCC3)n2)c1. The number of hydrogen-bond donors (Lipinski definition) is 1. The summed E-state index contributed by atoms with van der Waals surface area (Å²) in [6.45, 7) is 3.34. The minimum atomic E-state index is -0.288. The molecule has 6 heteroatoms. The molecule has 6 nitrogen and oxygen atoms in total. The fraction of sp³-hybridized carbons (Fsp3) is 0.400. The minimum Gasteiger partial charge on any atom is -0.448 e. The number of nitrogens with zero attached hydrogens (tertiary/aromatic N) is 2. The van der Waals surface area contributed by atoms with Crippen LogP contribution in [0.1, 0.15) is 40.7 Å². The molecule has 1 fully saturated rings. The van der Waals surface area contributed by atoms with Crippen molar-refractivity contribution in [1.82, 2.24) is 9.97 Å². The summed E-state index contributed by atoms with van der Waals surface area (Å²) in [5.41, 5.74) is 1.92. The number of ether oxygens (including phenoxy) is 1. The van der Waals surface area contributed by atoms with E-state index in [9.17, 15) is 4.79 Å². The highest BCUT2D eigenvalue weighted by Crippen LogP contribution is 2.26. The molecule has 2 aromatic rings. The molecule has 110 valence electrons. The molecule has 0 unspecified atom stereocenters. The van der Waals surface area contributed by atoms with E-state index in [0.717, 1.165) is 18.4 Å². The van der Waals surface area contributed by atoms with Gasteiger partial charge in [-0.1, -0.05) is 0 Å². The molecular weight excluding hydrogens is 270 g/mol. The Hall–Kier alpha value is -2.21. The van der Waals surface area contributed by atoms with Crippen molar-refractivity contribution in [3.05, 3.63) is 41.9 Å². The van der Waals surface area contributed by atoms with Crippen molar-refractivity contribution in [2.75, 3.05) is 18.5 Å². The van der Waals surface area contributed by atoms with Gasteiger partial charge in [-0.3, -0.25) is 9.78 Å². The average Bonchev–Trinajstić information content (AvgIpc) is 2.98. The second-order valence-electron chi connectivity index (χ2n) is 5.16. The van der Waals surface area contributed by atoms with Crippen LogP contribution in [-0.4, -0.2) is 29.1 Å². The van der Waals surface area contributed by atoms with Crippen LogP contribution < -0.4 is 5.32 Å². The third-order valence-electron chi connectivity index (χ3n) is 3.46. The number of pyridine rings is 1. The Morgan fingerprint density at radius 3 is 2.90 bits per heavy atom. The van der Waals surface area contributed by atoms with Crippen LogP contribution in [0.5, 0.6) is 0 Å². The third kappa shape index (κ3) is 3.28. The van der Waals surface area contributed by atoms with E-state index in [1.165, 1.54) is 6.26 Å². The zero-order valence-corrected chi connectivity index (χ0v) is 11.8. The molecule has 1 aliphatic heterocycles. The molecule has 2 aromatic heterocycles. The van der Waals surface area contributed by atoms with Gasteiger partial charge in [-0.25, -0.2) is 4.98 Å². The van der Waals surface area contributed by atoms with Crippen LogP contribution in [0.3, 0.4) is 0 Å². The average molecular weight is 287 g/mol. The van der Waals surface area contributed by atoms with E-state index in [4.69, 9.17) is 9.15 Å². The fourth-order valence-electron chi connectivity index (χ4n) is 2.34. The van der Waals surface area contributed by atoms with E-state index < -0.39 is 0 Å². The van der Waals surface area contributed by atoms with Gasteiger partial charge in [-0.2, -0.15) is 0 Å². The van der Waals surface area contributed by atoms with Crippen molar-refractivity contribution >= 4 is 11.6 Å². The van der Waals surface area contributed by atoms with Crippen LogP contribution in [0.4, 0.5) is 5.69 Å². The lowest BCUT2D eigenvalue weighted by Crippen LogP contribution is -2.15. The molecule has 0 bridgehead atoms. The molecule has 0 radical (unpaired) electrons. The molecule has 1 N–H and O–H groups in total. The monoisotopic (exact) mass is 287 g/mol. The Morgan fingerprint density at radius 2 is 2.14 bits per heavy atom. The largest absolute Gasteiger partial charge is 0.448 e. The van der Waals surface area contributed by atoms with Crippen molar-refractivity contribution in [2.24, 2.45) is 0 Å². The zero-order chi connectivity index (χ0) is 14.7. The molecule has 1 amide bonds. The van der Waals surface area contributed by atoms with E-state index in [0.29, 0.717) is 24.8 Å². The summed E-state index contributed by atoms with van der Waals surface area (Å²) in [6, 6.07) is 1.85. The number of rotatable bonds is 3. The van der Waals surface area contributed by atoms with Gasteiger partial charge in [-0.15, -0.1) is 0 Å². The van der Waals surface area contributed by atoms with Gasteiger partial charge >= 0.3 is 0 Å². The molecule has 3 rings (SSSR count). The van der Waals surface area contributed by atoms with Crippen molar-refractivity contribution in [3.63, 3.8) is 0 Å². The molecule has 1 aliphatic rings. The third-order valence-corrected chi connectivity index (χ3v) is 3.46. The summed E-state index contributed by atoms with van der Waals surface area (Å²) in [5.74, 6) is 0.566. The summed E-state index contributed by atoms with van der Waals surface area (Å²) in [5, 5.41) is 2.77. The standard InChI is InChI=1S/C15H17N3O3/c1-10-6-12(8-16-7-10)17-14(19)13-9-21-15(18-13)11-2-4-20-5-3-11/h6-9,11H,2-5H2,1H3,(H,17,19). The lowest BCUT2D eigenvalue weighted by molar-refractivity contribution is 0.0794. The molecule has 0 aromatic carbocycles. The lowest BCUT2D eigenvalue weighted by atomic mass is 10.0. The number of anilines is 1. The maximum atomic E-state index is 12.1. The van der Waals surface area contributed by atoms with Gasteiger partial charge in [0.05, 0.1) is 11.9 Å². The topological polar surface area (TPSA) is 77.2 Å². The highest BCUT2D eigenvalue weighted by molar-refractivity contribution is 6.02. The number of carbonyl (C=O) groups is 1. The predicted molar refractivity (Wildman–Crippen MR) is 76.2 cm³/mol. The fourth-order valence-corrected chi connectivity index (χ4v) is 2.34. The van der Waals surface area contributed by atoms with Crippen molar-refractivity contribution in [1.29, 1.82) is 0 Å². The molecule has 1 saturated heterocycles. The van der Waals surface area contributed by atoms with Crippen LogP contribution in [-0.2, 0) is 4.74 Å². The number of oxazole rings is 1. The summed E-state index contributed by atoms with van der Waals surface area (Å²) in [6.07, 6.45) is 6.50. The van der Waals surface area contributed by atoms with Crippen LogP contribution >= 0.6 is 0 Å². The maximum absolute atomic E-state index is 12.1. The number of nitrogens with one attached hydrogen (secondary N) is 1. The second-order valence-corrected chi connectivity index (χ2v) is 5.16. The van der Waals surface area contributed by atoms with Crippen LogP contribution in [0.2, 0.25) is 0 Å². The zero-order valence-electron chi connectivity index (χ0n) is 11.8. The normalized spacial score (nSPS) is 15.9. The van der Waals surface area contributed by atoms with Crippen LogP contribution in [0.25, 0.3) is 0 Å². The Balaban J connectivity index is 1.69. The summed E-state index contributed by atoms with van der Waals surface area (Å²) >= 11 is 0. The Labute approximate surface area is 122 Å². The quantitative estimate of drug-likeness (QED) is 0.938. The molecular formula is C15H17N3O3. The molecule has 0 atom stereocenters. The summed E-state index contributed by atoms with van der Waals surface area (Å²) < 4.78 is 10.8. The summed E-state index contributed by atoms with van der Waals surface area (Å²) in [7, 11) is 0. The van der Waals surface area contributed by atoms with Crippen LogP contribution in [0, 0.1) is 6.92 Å². The van der Waals surface area contributed by atoms with Gasteiger partial charge in [0.25, 0.3) is 5.91 Å². The lowest BCUT2D eigenvalue weighted by Gasteiger charge is -2.18. The molecule has 3 heterocycles. The minimum absolute atomic E-state index is 0.237. The number of hydrogen-bond acceptors (Lipinski definition) is 5. The molecule has 21 heavy (non-hydrogen) atoms. The van der Waals surface area contributed by atoms with E-state index in [2.05, 4.69) is 15.3 Å². The first-order valence-corrected chi connectivity index (χ1v) is 6.98. The van der Waals surface area contributed by atoms with E-state index in [-0.39, 0.29) is 17.5 Å². The van der Waals surface area contributed by atoms with Crippen molar-refractivity contribution in [3.8, 4) is 0 Å². The van der Waals surface area contributed by atoms with Crippen molar-refractivity contribution < 1.29 is 13.9 Å². The highest BCUT2D eigenvalue weighted by atomic mass is 16.5. The second kappa shape index (κ2) is 6.05. The smallest absolute Gasteiger partial charge is 0.277 e. The Kier molecular flexibility index (Phi) is 3.96.